The molecule has 1 rings (SSSR count). The molecule has 0 fully saturated rings. The first kappa shape index (κ1) is 30.2. The molecule has 7 nitrogen and oxygen atoms in total. The van der Waals surface area contributed by atoms with Crippen LogP contribution in [-0.2, 0) is 16.1 Å². The van der Waals surface area contributed by atoms with Crippen molar-refractivity contribution in [1.29, 1.82) is 0 Å². The van der Waals surface area contributed by atoms with E-state index in [-0.39, 0.29) is 35.9 Å². The maximum absolute atomic E-state index is 12.0. The topological polar surface area (TPSA) is 83.0 Å². The monoisotopic (exact) mass is 560 g/mol. The molecule has 0 spiro atoms. The Morgan fingerprint density at radius 2 is 1.62 bits per heavy atom. The Hall–Kier alpha value is -1.84. The average Bonchev–Trinajstić information content (AvgIpc) is 2.69. The summed E-state index contributed by atoms with van der Waals surface area (Å²) in [5.41, 5.74) is 1.32. The number of nitrogens with zero attached hydrogens (tertiary/aromatic N) is 2. The molecular formula is C24H41IN4O3. The summed E-state index contributed by atoms with van der Waals surface area (Å²) in [5.74, 6) is 0.659. The maximum atomic E-state index is 12.0. The number of unbranched alkanes of at least 4 members (excludes halogenated alkanes) is 3. The SMILES string of the molecule is CCNC(=NCc1ccc(C(=O)N(C)C)cc1)NCCCCCCC(=O)OC(C)(C)C.I. The van der Waals surface area contributed by atoms with Crippen LogP contribution in [0.5, 0.6) is 0 Å². The van der Waals surface area contributed by atoms with E-state index in [1.54, 1.807) is 19.0 Å². The number of carbonyl (C=O) groups is 2. The lowest BCUT2D eigenvalue weighted by Gasteiger charge is -2.19. The van der Waals surface area contributed by atoms with Crippen molar-refractivity contribution < 1.29 is 14.3 Å². The van der Waals surface area contributed by atoms with Gasteiger partial charge in [0.2, 0.25) is 0 Å². The van der Waals surface area contributed by atoms with Gasteiger partial charge in [-0.3, -0.25) is 9.59 Å². The zero-order chi connectivity index (χ0) is 23.3. The number of benzene rings is 1. The smallest absolute Gasteiger partial charge is 0.306 e. The van der Waals surface area contributed by atoms with Gasteiger partial charge < -0.3 is 20.3 Å². The van der Waals surface area contributed by atoms with Crippen molar-refractivity contribution in [1.82, 2.24) is 15.5 Å². The number of carbonyl (C=O) groups excluding carboxylic acids is 2. The van der Waals surface area contributed by atoms with Crippen LogP contribution in [0.25, 0.3) is 0 Å². The van der Waals surface area contributed by atoms with E-state index in [0.29, 0.717) is 18.5 Å². The summed E-state index contributed by atoms with van der Waals surface area (Å²) in [4.78, 5) is 29.9. The first-order valence-corrected chi connectivity index (χ1v) is 11.2. The second kappa shape index (κ2) is 15.9. The van der Waals surface area contributed by atoms with E-state index in [1.807, 2.05) is 52.0 Å². The molecule has 0 aromatic heterocycles. The van der Waals surface area contributed by atoms with Gasteiger partial charge in [-0.1, -0.05) is 25.0 Å². The molecular weight excluding hydrogens is 519 g/mol. The number of esters is 1. The largest absolute Gasteiger partial charge is 0.460 e. The molecule has 0 heterocycles. The van der Waals surface area contributed by atoms with E-state index in [9.17, 15) is 9.59 Å². The van der Waals surface area contributed by atoms with Crippen LogP contribution in [0.4, 0.5) is 0 Å². The molecule has 0 radical (unpaired) electrons. The third-order valence-electron chi connectivity index (χ3n) is 4.39. The number of halogens is 1. The van der Waals surface area contributed by atoms with Crippen LogP contribution in [-0.4, -0.2) is 55.5 Å². The zero-order valence-electron chi connectivity index (χ0n) is 20.5. The van der Waals surface area contributed by atoms with E-state index in [0.717, 1.165) is 50.3 Å². The van der Waals surface area contributed by atoms with Crippen LogP contribution in [0.15, 0.2) is 29.3 Å². The van der Waals surface area contributed by atoms with E-state index < -0.39 is 5.60 Å². The third kappa shape index (κ3) is 13.5. The fraction of sp³-hybridized carbons (Fsp3) is 0.625. The molecule has 8 heteroatoms. The molecule has 2 N–H and O–H groups in total. The number of guanidine groups is 1. The third-order valence-corrected chi connectivity index (χ3v) is 4.39. The van der Waals surface area contributed by atoms with Gasteiger partial charge in [-0.25, -0.2) is 4.99 Å². The number of hydrogen-bond donors (Lipinski definition) is 2. The molecule has 0 aliphatic carbocycles. The highest BCUT2D eigenvalue weighted by Crippen LogP contribution is 2.11. The number of aliphatic imine (C=N–C) groups is 1. The molecule has 32 heavy (non-hydrogen) atoms. The standard InChI is InChI=1S/C24H40N4O3.HI/c1-7-25-23(26-17-11-9-8-10-12-21(29)31-24(2,3)4)27-18-19-13-15-20(16-14-19)22(30)28(5)6;/h13-16H,7-12,17-18H2,1-6H3,(H2,25,26,27);1H. The van der Waals surface area contributed by atoms with Crippen LogP contribution in [0.3, 0.4) is 0 Å². The van der Waals surface area contributed by atoms with E-state index in [2.05, 4.69) is 15.6 Å². The molecule has 0 unspecified atom stereocenters. The number of rotatable bonds is 11. The Labute approximate surface area is 210 Å². The lowest BCUT2D eigenvalue weighted by atomic mass is 10.1. The van der Waals surface area contributed by atoms with Crippen LogP contribution in [0.1, 0.15) is 75.7 Å². The van der Waals surface area contributed by atoms with Crippen molar-refractivity contribution in [3.8, 4) is 0 Å². The Morgan fingerprint density at radius 1 is 1.00 bits per heavy atom. The molecule has 0 bridgehead atoms. The molecule has 0 saturated carbocycles. The molecule has 1 aromatic rings. The molecule has 0 aliphatic rings. The Morgan fingerprint density at radius 3 is 2.19 bits per heavy atom. The normalized spacial score (nSPS) is 11.4. The summed E-state index contributed by atoms with van der Waals surface area (Å²) in [7, 11) is 3.49. The van der Waals surface area contributed by atoms with Gasteiger partial charge >= 0.3 is 5.97 Å². The summed E-state index contributed by atoms with van der Waals surface area (Å²) in [5, 5.41) is 6.61. The highest BCUT2D eigenvalue weighted by atomic mass is 127. The van der Waals surface area contributed by atoms with Crippen LogP contribution in [0.2, 0.25) is 0 Å². The minimum absolute atomic E-state index is 0. The summed E-state index contributed by atoms with van der Waals surface area (Å²) in [6.45, 7) is 9.87. The lowest BCUT2D eigenvalue weighted by molar-refractivity contribution is -0.154. The number of amides is 1. The predicted octanol–water partition coefficient (Wildman–Crippen LogP) is 4.35. The minimum Gasteiger partial charge on any atom is -0.460 e. The lowest BCUT2D eigenvalue weighted by Crippen LogP contribution is -2.37. The number of ether oxygens (including phenoxy) is 1. The summed E-state index contributed by atoms with van der Waals surface area (Å²) >= 11 is 0. The van der Waals surface area contributed by atoms with Crippen molar-refractivity contribution in [2.24, 2.45) is 4.99 Å². The average molecular weight is 561 g/mol. The number of hydrogen-bond acceptors (Lipinski definition) is 4. The second-order valence-electron chi connectivity index (χ2n) is 8.77. The van der Waals surface area contributed by atoms with Gasteiger partial charge in [0, 0.05) is 39.2 Å². The molecule has 0 atom stereocenters. The minimum atomic E-state index is -0.408. The van der Waals surface area contributed by atoms with Gasteiger partial charge in [0.25, 0.3) is 5.91 Å². The molecule has 0 saturated heterocycles. The molecule has 0 aliphatic heterocycles. The summed E-state index contributed by atoms with van der Waals surface area (Å²) < 4.78 is 5.32. The highest BCUT2D eigenvalue weighted by Gasteiger charge is 2.15. The first-order chi connectivity index (χ1) is 14.6. The zero-order valence-corrected chi connectivity index (χ0v) is 22.8. The van der Waals surface area contributed by atoms with Gasteiger partial charge in [0.1, 0.15) is 5.60 Å². The van der Waals surface area contributed by atoms with Crippen molar-refractivity contribution in [3.63, 3.8) is 0 Å². The quantitative estimate of drug-likeness (QED) is 0.138. The molecule has 1 aromatic carbocycles. The van der Waals surface area contributed by atoms with Crippen LogP contribution in [0, 0.1) is 0 Å². The van der Waals surface area contributed by atoms with Gasteiger partial charge in [-0.15, -0.1) is 24.0 Å². The van der Waals surface area contributed by atoms with Crippen LogP contribution >= 0.6 is 24.0 Å². The maximum Gasteiger partial charge on any atom is 0.306 e. The molecule has 1 amide bonds. The Kier molecular flexibility index (Phi) is 15.0. The van der Waals surface area contributed by atoms with Gasteiger partial charge in [-0.2, -0.15) is 0 Å². The van der Waals surface area contributed by atoms with E-state index in [4.69, 9.17) is 4.74 Å². The Bertz CT molecular complexity index is 713. The van der Waals surface area contributed by atoms with E-state index in [1.165, 1.54) is 0 Å². The first-order valence-electron chi connectivity index (χ1n) is 11.2. The Balaban J connectivity index is 0.00000961. The predicted molar refractivity (Wildman–Crippen MR) is 142 cm³/mol. The molecule has 182 valence electrons. The fourth-order valence-corrected chi connectivity index (χ4v) is 2.87. The van der Waals surface area contributed by atoms with Crippen molar-refractivity contribution in [2.75, 3.05) is 27.2 Å². The fourth-order valence-electron chi connectivity index (χ4n) is 2.87. The summed E-state index contributed by atoms with van der Waals surface area (Å²) in [6, 6.07) is 7.55. The van der Waals surface area contributed by atoms with Gasteiger partial charge in [0.05, 0.1) is 6.54 Å². The van der Waals surface area contributed by atoms with Crippen LogP contribution < -0.4 is 10.6 Å². The van der Waals surface area contributed by atoms with Gasteiger partial charge in [-0.05, 0) is 58.2 Å². The number of nitrogens with one attached hydrogen (secondary N) is 2. The van der Waals surface area contributed by atoms with Crippen molar-refractivity contribution in [2.45, 2.75) is 71.9 Å². The highest BCUT2D eigenvalue weighted by molar-refractivity contribution is 14.0. The van der Waals surface area contributed by atoms with Gasteiger partial charge in [0.15, 0.2) is 5.96 Å². The van der Waals surface area contributed by atoms with Crippen molar-refractivity contribution >= 4 is 41.8 Å². The summed E-state index contributed by atoms with van der Waals surface area (Å²) in [6.07, 6.45) is 4.41. The van der Waals surface area contributed by atoms with E-state index >= 15 is 0 Å². The van der Waals surface area contributed by atoms with Crippen molar-refractivity contribution in [3.05, 3.63) is 35.4 Å². The second-order valence-corrected chi connectivity index (χ2v) is 8.77.